The van der Waals surface area contributed by atoms with Crippen molar-refractivity contribution >= 4 is 9.84 Å². The molecular weight excluding hydrogens is 352 g/mol. The van der Waals surface area contributed by atoms with E-state index in [1.807, 2.05) is 37.5 Å². The SMILES string of the molecule is COc1ccc(-n2ccnc2CN2CCN(C)[C@@H]3CS(=O)(=O)C[C@@H]32)cc1. The van der Waals surface area contributed by atoms with Crippen molar-refractivity contribution in [1.29, 1.82) is 0 Å². The van der Waals surface area contributed by atoms with Crippen molar-refractivity contribution in [2.24, 2.45) is 0 Å². The van der Waals surface area contributed by atoms with Gasteiger partial charge in [-0.15, -0.1) is 0 Å². The number of piperazine rings is 1. The lowest BCUT2D eigenvalue weighted by Gasteiger charge is -2.42. The molecule has 0 spiro atoms. The molecule has 2 atom stereocenters. The molecule has 4 rings (SSSR count). The van der Waals surface area contributed by atoms with Crippen LogP contribution in [-0.4, -0.2) is 78.6 Å². The van der Waals surface area contributed by atoms with Gasteiger partial charge in [0.05, 0.1) is 25.2 Å². The van der Waals surface area contributed by atoms with Gasteiger partial charge in [-0.05, 0) is 31.3 Å². The summed E-state index contributed by atoms with van der Waals surface area (Å²) in [6, 6.07) is 7.97. The van der Waals surface area contributed by atoms with Gasteiger partial charge in [0.2, 0.25) is 0 Å². The van der Waals surface area contributed by atoms with Gasteiger partial charge in [0, 0.05) is 43.3 Å². The van der Waals surface area contributed by atoms with Crippen molar-refractivity contribution in [3.05, 3.63) is 42.5 Å². The van der Waals surface area contributed by atoms with E-state index in [0.717, 1.165) is 30.4 Å². The number of likely N-dealkylation sites (N-methyl/N-ethyl adjacent to an activating group) is 1. The van der Waals surface area contributed by atoms with Gasteiger partial charge >= 0.3 is 0 Å². The molecular formula is C18H24N4O3S. The summed E-state index contributed by atoms with van der Waals surface area (Å²) >= 11 is 0. The third-order valence-electron chi connectivity index (χ3n) is 5.48. The van der Waals surface area contributed by atoms with Gasteiger partial charge in [0.1, 0.15) is 11.6 Å². The minimum absolute atomic E-state index is 0.0415. The summed E-state index contributed by atoms with van der Waals surface area (Å²) in [5.41, 5.74) is 1.02. The van der Waals surface area contributed by atoms with Crippen LogP contribution in [0.4, 0.5) is 0 Å². The number of rotatable bonds is 4. The quantitative estimate of drug-likeness (QED) is 0.786. The number of aromatic nitrogens is 2. The average molecular weight is 376 g/mol. The van der Waals surface area contributed by atoms with Crippen molar-refractivity contribution in [3.8, 4) is 11.4 Å². The Morgan fingerprint density at radius 2 is 1.88 bits per heavy atom. The van der Waals surface area contributed by atoms with Crippen LogP contribution in [0.15, 0.2) is 36.7 Å². The summed E-state index contributed by atoms with van der Waals surface area (Å²) in [6.07, 6.45) is 3.73. The number of sulfone groups is 1. The maximum absolute atomic E-state index is 12.2. The molecule has 2 aromatic rings. The second-order valence-corrected chi connectivity index (χ2v) is 9.23. The van der Waals surface area contributed by atoms with E-state index >= 15 is 0 Å². The van der Waals surface area contributed by atoms with E-state index < -0.39 is 9.84 Å². The Balaban J connectivity index is 1.57. The number of hydrogen-bond acceptors (Lipinski definition) is 6. The maximum atomic E-state index is 12.2. The van der Waals surface area contributed by atoms with Crippen LogP contribution in [0.1, 0.15) is 5.82 Å². The molecule has 1 aromatic heterocycles. The Morgan fingerprint density at radius 1 is 1.15 bits per heavy atom. The van der Waals surface area contributed by atoms with Crippen LogP contribution in [-0.2, 0) is 16.4 Å². The molecule has 0 radical (unpaired) electrons. The second-order valence-electron chi connectivity index (χ2n) is 7.07. The van der Waals surface area contributed by atoms with E-state index in [1.165, 1.54) is 0 Å². The van der Waals surface area contributed by atoms with Crippen LogP contribution in [0.25, 0.3) is 5.69 Å². The standard InChI is InChI=1S/C18H24N4O3S/c1-20-9-10-21(17-13-26(23,24)12-16(17)20)11-18-19-7-8-22(18)14-3-5-15(25-2)6-4-14/h3-8,16-17H,9-13H2,1-2H3/t16-,17+/m1/s1. The van der Waals surface area contributed by atoms with Gasteiger partial charge < -0.3 is 9.30 Å². The Morgan fingerprint density at radius 3 is 2.62 bits per heavy atom. The monoisotopic (exact) mass is 376 g/mol. The summed E-state index contributed by atoms with van der Waals surface area (Å²) in [5.74, 6) is 2.24. The first kappa shape index (κ1) is 17.5. The van der Waals surface area contributed by atoms with Crippen LogP contribution < -0.4 is 4.74 Å². The number of imidazole rings is 1. The number of benzene rings is 1. The molecule has 2 fully saturated rings. The van der Waals surface area contributed by atoms with Crippen molar-refractivity contribution < 1.29 is 13.2 Å². The van der Waals surface area contributed by atoms with Gasteiger partial charge in [0.15, 0.2) is 9.84 Å². The summed E-state index contributed by atoms with van der Waals surface area (Å²) in [7, 11) is 0.704. The highest BCUT2D eigenvalue weighted by Gasteiger charge is 2.45. The molecule has 0 amide bonds. The zero-order chi connectivity index (χ0) is 18.3. The van der Waals surface area contributed by atoms with Crippen molar-refractivity contribution in [2.75, 3.05) is 38.8 Å². The molecule has 0 N–H and O–H groups in total. The van der Waals surface area contributed by atoms with Crippen LogP contribution in [0.5, 0.6) is 5.75 Å². The fraction of sp³-hybridized carbons (Fsp3) is 0.500. The summed E-state index contributed by atoms with van der Waals surface area (Å²) in [5, 5.41) is 0. The lowest BCUT2D eigenvalue weighted by atomic mass is 10.1. The minimum Gasteiger partial charge on any atom is -0.497 e. The lowest BCUT2D eigenvalue weighted by Crippen LogP contribution is -2.57. The van der Waals surface area contributed by atoms with Gasteiger partial charge in [-0.2, -0.15) is 0 Å². The molecule has 2 saturated heterocycles. The largest absolute Gasteiger partial charge is 0.497 e. The van der Waals surface area contributed by atoms with E-state index in [0.29, 0.717) is 6.54 Å². The fourth-order valence-electron chi connectivity index (χ4n) is 4.01. The van der Waals surface area contributed by atoms with Gasteiger partial charge in [-0.3, -0.25) is 9.80 Å². The van der Waals surface area contributed by atoms with Crippen LogP contribution >= 0.6 is 0 Å². The Bertz CT molecular complexity index is 878. The highest BCUT2D eigenvalue weighted by atomic mass is 32.2. The van der Waals surface area contributed by atoms with E-state index in [2.05, 4.69) is 19.4 Å². The van der Waals surface area contributed by atoms with Crippen molar-refractivity contribution in [3.63, 3.8) is 0 Å². The summed E-state index contributed by atoms with van der Waals surface area (Å²) < 4.78 is 31.6. The number of fused-ring (bicyclic) bond motifs is 1. The molecule has 140 valence electrons. The highest BCUT2D eigenvalue weighted by Crippen LogP contribution is 2.27. The molecule has 3 heterocycles. The number of hydrogen-bond donors (Lipinski definition) is 0. The molecule has 2 aliphatic heterocycles. The molecule has 26 heavy (non-hydrogen) atoms. The zero-order valence-electron chi connectivity index (χ0n) is 15.1. The smallest absolute Gasteiger partial charge is 0.153 e. The molecule has 0 bridgehead atoms. The lowest BCUT2D eigenvalue weighted by molar-refractivity contribution is 0.0552. The Kier molecular flexibility index (Phi) is 4.50. The van der Waals surface area contributed by atoms with E-state index in [1.54, 1.807) is 13.3 Å². The normalized spacial score (nSPS) is 25.9. The maximum Gasteiger partial charge on any atom is 0.153 e. The van der Waals surface area contributed by atoms with E-state index in [-0.39, 0.29) is 23.6 Å². The fourth-order valence-corrected chi connectivity index (χ4v) is 6.09. The van der Waals surface area contributed by atoms with Crippen molar-refractivity contribution in [1.82, 2.24) is 19.4 Å². The van der Waals surface area contributed by atoms with Gasteiger partial charge in [-0.1, -0.05) is 0 Å². The number of ether oxygens (including phenoxy) is 1. The number of methoxy groups -OCH3 is 1. The highest BCUT2D eigenvalue weighted by molar-refractivity contribution is 7.91. The second kappa shape index (κ2) is 6.68. The Hall–Kier alpha value is -1.90. The van der Waals surface area contributed by atoms with Crippen LogP contribution in [0.2, 0.25) is 0 Å². The number of nitrogens with zero attached hydrogens (tertiary/aromatic N) is 4. The summed E-state index contributed by atoms with van der Waals surface area (Å²) in [6.45, 7) is 2.37. The molecule has 0 saturated carbocycles. The first-order valence-corrected chi connectivity index (χ1v) is 10.6. The van der Waals surface area contributed by atoms with Crippen LogP contribution in [0, 0.1) is 0 Å². The molecule has 0 aliphatic carbocycles. The molecule has 2 aliphatic rings. The molecule has 7 nitrogen and oxygen atoms in total. The molecule has 0 unspecified atom stereocenters. The first-order valence-electron chi connectivity index (χ1n) is 8.78. The Labute approximate surface area is 154 Å². The molecule has 1 aromatic carbocycles. The van der Waals surface area contributed by atoms with E-state index in [4.69, 9.17) is 4.74 Å². The topological polar surface area (TPSA) is 67.7 Å². The van der Waals surface area contributed by atoms with Crippen LogP contribution in [0.3, 0.4) is 0 Å². The first-order chi connectivity index (χ1) is 12.5. The predicted molar refractivity (Wildman–Crippen MR) is 99.4 cm³/mol. The van der Waals surface area contributed by atoms with E-state index in [9.17, 15) is 8.42 Å². The third kappa shape index (κ3) is 3.24. The average Bonchev–Trinajstić information content (AvgIpc) is 3.21. The predicted octanol–water partition coefficient (Wildman–Crippen LogP) is 0.794. The zero-order valence-corrected chi connectivity index (χ0v) is 15.9. The van der Waals surface area contributed by atoms with Gasteiger partial charge in [-0.25, -0.2) is 13.4 Å². The third-order valence-corrected chi connectivity index (χ3v) is 7.18. The summed E-state index contributed by atoms with van der Waals surface area (Å²) in [4.78, 5) is 8.98. The minimum atomic E-state index is -2.97. The van der Waals surface area contributed by atoms with Gasteiger partial charge in [0.25, 0.3) is 0 Å². The molecule has 8 heteroatoms. The van der Waals surface area contributed by atoms with Crippen molar-refractivity contribution in [2.45, 2.75) is 18.6 Å².